The van der Waals surface area contributed by atoms with Crippen LogP contribution in [0, 0.1) is 17.3 Å². The number of likely N-dealkylation sites (tertiary alicyclic amines) is 1. The van der Waals surface area contributed by atoms with Gasteiger partial charge in [-0.3, -0.25) is 9.59 Å². The lowest BCUT2D eigenvalue weighted by atomic mass is 9.61. The van der Waals surface area contributed by atoms with Gasteiger partial charge in [-0.15, -0.1) is 0 Å². The molecule has 1 aliphatic rings. The fraction of sp³-hybridized carbons (Fsp3) is 0.654. The molecular weight excluding hydrogens is 486 g/mol. The van der Waals surface area contributed by atoms with Gasteiger partial charge < -0.3 is 14.1 Å². The van der Waals surface area contributed by atoms with E-state index in [9.17, 15) is 9.59 Å². The van der Waals surface area contributed by atoms with Crippen LogP contribution in [0.15, 0.2) is 24.3 Å². The fourth-order valence-electron chi connectivity index (χ4n) is 4.62. The Kier molecular flexibility index (Phi) is 8.83. The van der Waals surface area contributed by atoms with E-state index in [0.717, 1.165) is 10.4 Å². The third-order valence-corrected chi connectivity index (χ3v) is 8.41. The molecule has 0 radical (unpaired) electrons. The molecule has 1 aromatic carbocycles. The summed E-state index contributed by atoms with van der Waals surface area (Å²) < 4.78 is 12.1. The number of amides is 1. The van der Waals surface area contributed by atoms with E-state index in [2.05, 4.69) is 33.9 Å². The molecule has 1 saturated heterocycles. The van der Waals surface area contributed by atoms with Gasteiger partial charge >= 0.3 is 5.97 Å². The Balaban J connectivity index is 2.48. The third kappa shape index (κ3) is 6.28. The van der Waals surface area contributed by atoms with Crippen molar-refractivity contribution in [2.24, 2.45) is 17.3 Å². The van der Waals surface area contributed by atoms with Gasteiger partial charge in [-0.05, 0) is 63.9 Å². The quantitative estimate of drug-likeness (QED) is 0.144. The van der Waals surface area contributed by atoms with Gasteiger partial charge in [0.2, 0.25) is 5.91 Å². The molecule has 1 amide bonds. The summed E-state index contributed by atoms with van der Waals surface area (Å²) in [6.45, 7) is 20.0. The number of esters is 1. The molecule has 0 aromatic heterocycles. The predicted molar refractivity (Wildman–Crippen MR) is 145 cm³/mol. The first-order chi connectivity index (χ1) is 15.4. The van der Waals surface area contributed by atoms with Crippen LogP contribution in [0.1, 0.15) is 61.0 Å². The number of hydrogen-bond donors (Lipinski definition) is 0. The van der Waals surface area contributed by atoms with Crippen molar-refractivity contribution in [2.45, 2.75) is 85.7 Å². The Labute approximate surface area is 217 Å². The van der Waals surface area contributed by atoms with Crippen molar-refractivity contribution in [1.82, 2.24) is 4.90 Å². The number of thiocarbonyl (C=S) groups is 1. The second-order valence-corrected chi connectivity index (χ2v) is 14.9. The lowest BCUT2D eigenvalue weighted by Crippen LogP contribution is -2.74. The summed E-state index contributed by atoms with van der Waals surface area (Å²) in [5.74, 6) is -1.12. The van der Waals surface area contributed by atoms with Crippen molar-refractivity contribution in [1.29, 1.82) is 0 Å². The molecule has 5 nitrogen and oxygen atoms in total. The van der Waals surface area contributed by atoms with Gasteiger partial charge in [0.05, 0.1) is 17.6 Å². The Hall–Kier alpha value is -1.28. The molecule has 190 valence electrons. The summed E-state index contributed by atoms with van der Waals surface area (Å²) in [5, 5.41) is 0.637. The molecule has 1 aliphatic heterocycles. The lowest BCUT2D eigenvalue weighted by Gasteiger charge is -2.60. The zero-order chi connectivity index (χ0) is 26.2. The highest BCUT2D eigenvalue weighted by atomic mass is 35.5. The number of hydrogen-bond acceptors (Lipinski definition) is 5. The summed E-state index contributed by atoms with van der Waals surface area (Å²) in [6.07, 6.45) is 0. The smallest absolute Gasteiger partial charge is 0.326 e. The first kappa shape index (κ1) is 29.0. The number of β-lactam (4-membered cyclic amide) rings is 1. The van der Waals surface area contributed by atoms with Crippen LogP contribution in [-0.2, 0) is 18.8 Å². The SMILES string of the molecule is C[C@@H](C(=S)c1ccc(Cl)cc1)[C@@H]1[C@@H]([C@@](C)(O[SiH](C)C)C(C)(C)C)C(=O)N1CC(=O)OC(C)(C)C. The third-order valence-electron chi connectivity index (χ3n) is 6.59. The number of benzene rings is 1. The Morgan fingerprint density at radius 2 is 1.65 bits per heavy atom. The second kappa shape index (κ2) is 10.4. The minimum Gasteiger partial charge on any atom is -0.459 e. The lowest BCUT2D eigenvalue weighted by molar-refractivity contribution is -0.193. The second-order valence-electron chi connectivity index (χ2n) is 11.7. The van der Waals surface area contributed by atoms with E-state index in [1.165, 1.54) is 0 Å². The van der Waals surface area contributed by atoms with Gasteiger partial charge in [-0.2, -0.15) is 0 Å². The van der Waals surface area contributed by atoms with Gasteiger partial charge in [-0.25, -0.2) is 0 Å². The Bertz CT molecular complexity index is 922. The molecule has 1 heterocycles. The van der Waals surface area contributed by atoms with Gasteiger partial charge in [0.25, 0.3) is 0 Å². The molecule has 0 saturated carbocycles. The zero-order valence-corrected chi connectivity index (χ0v) is 24.9. The fourth-order valence-corrected chi connectivity index (χ4v) is 6.51. The average molecular weight is 526 g/mol. The minimum absolute atomic E-state index is 0.0892. The molecule has 0 aliphatic carbocycles. The van der Waals surface area contributed by atoms with Crippen LogP contribution in [-0.4, -0.2) is 54.5 Å². The normalized spacial score (nSPS) is 21.6. The van der Waals surface area contributed by atoms with Crippen molar-refractivity contribution in [2.75, 3.05) is 6.54 Å². The van der Waals surface area contributed by atoms with Crippen molar-refractivity contribution in [3.8, 4) is 0 Å². The highest BCUT2D eigenvalue weighted by molar-refractivity contribution is 7.80. The van der Waals surface area contributed by atoms with E-state index in [0.29, 0.717) is 5.02 Å². The van der Waals surface area contributed by atoms with Crippen LogP contribution in [0.5, 0.6) is 0 Å². The van der Waals surface area contributed by atoms with Gasteiger partial charge in [0.1, 0.15) is 12.1 Å². The maximum absolute atomic E-state index is 13.6. The topological polar surface area (TPSA) is 55.8 Å². The molecule has 8 heteroatoms. The predicted octanol–water partition coefficient (Wildman–Crippen LogP) is 5.67. The first-order valence-corrected chi connectivity index (χ1v) is 15.5. The van der Waals surface area contributed by atoms with Crippen molar-refractivity contribution in [3.05, 3.63) is 34.9 Å². The summed E-state index contributed by atoms with van der Waals surface area (Å²) in [5.41, 5.74) is -0.749. The van der Waals surface area contributed by atoms with Crippen LogP contribution < -0.4 is 0 Å². The number of nitrogens with zero attached hydrogens (tertiary/aromatic N) is 1. The summed E-state index contributed by atoms with van der Waals surface area (Å²) >= 11 is 12.0. The monoisotopic (exact) mass is 525 g/mol. The van der Waals surface area contributed by atoms with Crippen molar-refractivity contribution < 1.29 is 18.8 Å². The van der Waals surface area contributed by atoms with Crippen LogP contribution >= 0.6 is 23.8 Å². The molecule has 0 N–H and O–H groups in total. The van der Waals surface area contributed by atoms with E-state index in [1.54, 1.807) is 4.90 Å². The van der Waals surface area contributed by atoms with Crippen LogP contribution in [0.2, 0.25) is 18.1 Å². The number of ether oxygens (including phenoxy) is 1. The van der Waals surface area contributed by atoms with Gasteiger partial charge in [0, 0.05) is 15.8 Å². The Morgan fingerprint density at radius 1 is 1.12 bits per heavy atom. The minimum atomic E-state index is -1.49. The van der Waals surface area contributed by atoms with E-state index in [4.69, 9.17) is 33.0 Å². The van der Waals surface area contributed by atoms with Crippen LogP contribution in [0.3, 0.4) is 0 Å². The number of rotatable bonds is 8. The molecule has 1 aromatic rings. The molecule has 0 spiro atoms. The number of halogens is 1. The number of carbonyl (C=O) groups excluding carboxylic acids is 2. The molecule has 2 rings (SSSR count). The van der Waals surface area contributed by atoms with E-state index < -0.39 is 32.1 Å². The summed E-state index contributed by atoms with van der Waals surface area (Å²) in [6, 6.07) is 7.12. The average Bonchev–Trinajstić information content (AvgIpc) is 2.66. The highest BCUT2D eigenvalue weighted by Crippen LogP contribution is 2.50. The van der Waals surface area contributed by atoms with E-state index in [1.807, 2.05) is 58.9 Å². The maximum Gasteiger partial charge on any atom is 0.326 e. The van der Waals surface area contributed by atoms with Crippen LogP contribution in [0.4, 0.5) is 0 Å². The molecule has 34 heavy (non-hydrogen) atoms. The zero-order valence-electron chi connectivity index (χ0n) is 22.2. The van der Waals surface area contributed by atoms with Gasteiger partial charge in [-0.1, -0.05) is 63.6 Å². The first-order valence-electron chi connectivity index (χ1n) is 11.9. The van der Waals surface area contributed by atoms with E-state index in [-0.39, 0.29) is 29.8 Å². The largest absolute Gasteiger partial charge is 0.459 e. The summed E-state index contributed by atoms with van der Waals surface area (Å²) in [7, 11) is -1.49. The highest BCUT2D eigenvalue weighted by Gasteiger charge is 2.62. The molecule has 1 fully saturated rings. The van der Waals surface area contributed by atoms with Crippen LogP contribution in [0.25, 0.3) is 0 Å². The number of carbonyl (C=O) groups is 2. The molecule has 0 unspecified atom stereocenters. The van der Waals surface area contributed by atoms with E-state index >= 15 is 0 Å². The Morgan fingerprint density at radius 3 is 2.09 bits per heavy atom. The van der Waals surface area contributed by atoms with Gasteiger partial charge in [0.15, 0.2) is 9.04 Å². The van der Waals surface area contributed by atoms with Crippen molar-refractivity contribution in [3.63, 3.8) is 0 Å². The molecular formula is C26H40ClNO4SSi. The van der Waals surface area contributed by atoms with Crippen molar-refractivity contribution >= 4 is 49.6 Å². The molecule has 0 bridgehead atoms. The standard InChI is InChI=1S/C26H40ClNO4SSi/c1-16(22(33)17-11-13-18(27)14-12-17)21-20(26(8,24(2,3)4)32-34(9)10)23(30)28(21)15-19(29)31-25(5,6)7/h11-14,16,20-21,34H,15H2,1-10H3/t16-,20-,21-,26-/m1/s1. The molecule has 4 atom stereocenters. The maximum atomic E-state index is 13.6. The summed E-state index contributed by atoms with van der Waals surface area (Å²) in [4.78, 5) is 28.7.